The predicted molar refractivity (Wildman–Crippen MR) is 122 cm³/mol. The number of ether oxygens (including phenoxy) is 2. The minimum Gasteiger partial charge on any atom is -0.497 e. The molecule has 2 N–H and O–H groups in total. The Kier molecular flexibility index (Phi) is 7.37. The van der Waals surface area contributed by atoms with Gasteiger partial charge in [-0.05, 0) is 50.6 Å². The Hall–Kier alpha value is -3.52. The third-order valence-electron chi connectivity index (χ3n) is 4.43. The zero-order chi connectivity index (χ0) is 23.3. The molecule has 0 aliphatic heterocycles. The first-order valence-electron chi connectivity index (χ1n) is 9.91. The van der Waals surface area contributed by atoms with Crippen LogP contribution in [0.5, 0.6) is 11.5 Å². The molecule has 1 aromatic heterocycles. The lowest BCUT2D eigenvalue weighted by atomic mass is 10.1. The van der Waals surface area contributed by atoms with Crippen LogP contribution in [0.25, 0.3) is 0 Å². The molecule has 9 heteroatoms. The summed E-state index contributed by atoms with van der Waals surface area (Å²) in [5.74, 6) is 0.237. The summed E-state index contributed by atoms with van der Waals surface area (Å²) in [7, 11) is 1.60. The number of rotatable bonds is 9. The number of carbonyl (C=O) groups excluding carboxylic acids is 2. The highest BCUT2D eigenvalue weighted by Gasteiger charge is 2.21. The SMILES string of the molecule is COc1ccc(COc2ccc(C(C)=O)c(NC(=O)c3coc(NC(C)C)n3)c2Cl)cc1. The molecule has 3 rings (SSSR count). The highest BCUT2D eigenvalue weighted by molar-refractivity contribution is 6.36. The van der Waals surface area contributed by atoms with Gasteiger partial charge in [0.1, 0.15) is 29.4 Å². The van der Waals surface area contributed by atoms with Gasteiger partial charge >= 0.3 is 0 Å². The predicted octanol–water partition coefficient (Wildman–Crippen LogP) is 5.19. The molecule has 0 radical (unpaired) electrons. The molecule has 1 amide bonds. The lowest BCUT2D eigenvalue weighted by Gasteiger charge is -2.15. The number of nitrogens with one attached hydrogen (secondary N) is 2. The average molecular weight is 458 g/mol. The maximum atomic E-state index is 12.7. The maximum absolute atomic E-state index is 12.7. The van der Waals surface area contributed by atoms with Crippen LogP contribution in [0.15, 0.2) is 47.1 Å². The van der Waals surface area contributed by atoms with Gasteiger partial charge in [-0.2, -0.15) is 4.98 Å². The lowest BCUT2D eigenvalue weighted by molar-refractivity contribution is 0.101. The number of aromatic nitrogens is 1. The van der Waals surface area contributed by atoms with Crippen LogP contribution in [0.4, 0.5) is 11.7 Å². The molecular weight excluding hydrogens is 434 g/mol. The second kappa shape index (κ2) is 10.2. The van der Waals surface area contributed by atoms with E-state index in [9.17, 15) is 9.59 Å². The Balaban J connectivity index is 1.81. The van der Waals surface area contributed by atoms with Crippen molar-refractivity contribution >= 4 is 35.0 Å². The number of carbonyl (C=O) groups is 2. The monoisotopic (exact) mass is 457 g/mol. The van der Waals surface area contributed by atoms with E-state index in [1.807, 2.05) is 38.1 Å². The largest absolute Gasteiger partial charge is 0.497 e. The molecule has 32 heavy (non-hydrogen) atoms. The molecule has 0 atom stereocenters. The number of benzene rings is 2. The molecule has 1 heterocycles. The van der Waals surface area contributed by atoms with Crippen LogP contribution in [0.3, 0.4) is 0 Å². The summed E-state index contributed by atoms with van der Waals surface area (Å²) in [6.45, 7) is 5.46. The quantitative estimate of drug-likeness (QED) is 0.426. The fourth-order valence-electron chi connectivity index (χ4n) is 2.84. The highest BCUT2D eigenvalue weighted by Crippen LogP contribution is 2.36. The van der Waals surface area contributed by atoms with Crippen LogP contribution in [0.1, 0.15) is 47.2 Å². The van der Waals surface area contributed by atoms with Crippen LogP contribution < -0.4 is 20.1 Å². The van der Waals surface area contributed by atoms with Crippen LogP contribution in [-0.2, 0) is 6.61 Å². The van der Waals surface area contributed by atoms with Crippen LogP contribution >= 0.6 is 11.6 Å². The summed E-state index contributed by atoms with van der Waals surface area (Å²) in [6.07, 6.45) is 1.23. The van der Waals surface area contributed by atoms with Crippen molar-refractivity contribution in [3.63, 3.8) is 0 Å². The zero-order valence-electron chi connectivity index (χ0n) is 18.2. The molecule has 8 nitrogen and oxygen atoms in total. The van der Waals surface area contributed by atoms with Crippen molar-refractivity contribution in [1.82, 2.24) is 4.98 Å². The second-order valence-corrected chi connectivity index (χ2v) is 7.66. The fourth-order valence-corrected chi connectivity index (χ4v) is 3.10. The van der Waals surface area contributed by atoms with Crippen molar-refractivity contribution in [3.8, 4) is 11.5 Å². The number of amides is 1. The van der Waals surface area contributed by atoms with E-state index in [1.165, 1.54) is 13.2 Å². The van der Waals surface area contributed by atoms with Crippen molar-refractivity contribution in [2.45, 2.75) is 33.4 Å². The van der Waals surface area contributed by atoms with E-state index in [4.69, 9.17) is 25.5 Å². The Labute approximate surface area is 190 Å². The molecule has 0 bridgehead atoms. The smallest absolute Gasteiger partial charge is 0.295 e. The van der Waals surface area contributed by atoms with Gasteiger partial charge in [-0.15, -0.1) is 0 Å². The molecule has 2 aromatic carbocycles. The van der Waals surface area contributed by atoms with Crippen LogP contribution in [0, 0.1) is 0 Å². The fraction of sp³-hybridized carbons (Fsp3) is 0.261. The van der Waals surface area contributed by atoms with Gasteiger partial charge in [0.15, 0.2) is 11.5 Å². The number of Topliss-reactive ketones (excluding diaryl/α,β-unsaturated/α-hetero) is 1. The van der Waals surface area contributed by atoms with E-state index in [-0.39, 0.29) is 46.4 Å². The van der Waals surface area contributed by atoms with Gasteiger partial charge in [0.05, 0.1) is 12.8 Å². The van der Waals surface area contributed by atoms with Gasteiger partial charge < -0.3 is 24.5 Å². The van der Waals surface area contributed by atoms with Crippen molar-refractivity contribution in [1.29, 1.82) is 0 Å². The van der Waals surface area contributed by atoms with Crippen molar-refractivity contribution < 1.29 is 23.5 Å². The number of ketones is 1. The molecule has 0 saturated carbocycles. The van der Waals surface area contributed by atoms with Crippen LogP contribution in [0.2, 0.25) is 5.02 Å². The number of hydrogen-bond donors (Lipinski definition) is 2. The van der Waals surface area contributed by atoms with E-state index in [0.29, 0.717) is 5.75 Å². The number of anilines is 2. The standard InChI is InChI=1S/C23H24ClN3O5/c1-13(2)25-23-26-18(12-32-23)22(29)27-21-17(14(3)28)9-10-19(20(21)24)31-11-15-5-7-16(30-4)8-6-15/h5-10,12-13H,11H2,1-4H3,(H,25,26)(H,27,29). The van der Waals surface area contributed by atoms with Gasteiger partial charge in [-0.1, -0.05) is 23.7 Å². The average Bonchev–Trinajstić information content (AvgIpc) is 3.22. The van der Waals surface area contributed by atoms with Crippen molar-refractivity contribution in [3.05, 3.63) is 64.5 Å². The van der Waals surface area contributed by atoms with Gasteiger partial charge in [-0.3, -0.25) is 9.59 Å². The minimum absolute atomic E-state index is 0.0447. The zero-order valence-corrected chi connectivity index (χ0v) is 18.9. The molecule has 0 aliphatic rings. The molecule has 0 aliphatic carbocycles. The lowest BCUT2D eigenvalue weighted by Crippen LogP contribution is -2.16. The molecule has 0 spiro atoms. The van der Waals surface area contributed by atoms with Gasteiger partial charge in [0, 0.05) is 11.6 Å². The Morgan fingerprint density at radius 1 is 1.16 bits per heavy atom. The molecule has 3 aromatic rings. The third-order valence-corrected chi connectivity index (χ3v) is 4.80. The first-order valence-corrected chi connectivity index (χ1v) is 10.3. The Morgan fingerprint density at radius 2 is 1.88 bits per heavy atom. The Bertz CT molecular complexity index is 1110. The normalized spacial score (nSPS) is 10.7. The number of halogens is 1. The van der Waals surface area contributed by atoms with Gasteiger partial charge in [0.25, 0.3) is 11.9 Å². The minimum atomic E-state index is -0.567. The van der Waals surface area contributed by atoms with Gasteiger partial charge in [-0.25, -0.2) is 0 Å². The van der Waals surface area contributed by atoms with E-state index in [0.717, 1.165) is 11.3 Å². The van der Waals surface area contributed by atoms with Gasteiger partial charge in [0.2, 0.25) is 0 Å². The number of nitrogens with zero attached hydrogens (tertiary/aromatic N) is 1. The molecule has 168 valence electrons. The molecule has 0 saturated heterocycles. The van der Waals surface area contributed by atoms with E-state index >= 15 is 0 Å². The summed E-state index contributed by atoms with van der Waals surface area (Å²) in [5, 5.41) is 5.74. The highest BCUT2D eigenvalue weighted by atomic mass is 35.5. The molecule has 0 unspecified atom stereocenters. The first kappa shape index (κ1) is 23.1. The summed E-state index contributed by atoms with van der Waals surface area (Å²) in [4.78, 5) is 28.9. The number of oxazole rings is 1. The molecule has 0 fully saturated rings. The van der Waals surface area contributed by atoms with E-state index < -0.39 is 5.91 Å². The van der Waals surface area contributed by atoms with Crippen LogP contribution in [-0.4, -0.2) is 29.8 Å². The summed E-state index contributed by atoms with van der Waals surface area (Å²) >= 11 is 6.51. The third kappa shape index (κ3) is 5.59. The van der Waals surface area contributed by atoms with Crippen molar-refractivity contribution in [2.24, 2.45) is 0 Å². The van der Waals surface area contributed by atoms with E-state index in [1.54, 1.807) is 19.2 Å². The van der Waals surface area contributed by atoms with E-state index in [2.05, 4.69) is 15.6 Å². The summed E-state index contributed by atoms with van der Waals surface area (Å²) in [6, 6.07) is 10.8. The summed E-state index contributed by atoms with van der Waals surface area (Å²) in [5.41, 5.74) is 1.35. The Morgan fingerprint density at radius 3 is 2.50 bits per heavy atom. The maximum Gasteiger partial charge on any atom is 0.295 e. The topological polar surface area (TPSA) is 103 Å². The number of hydrogen-bond acceptors (Lipinski definition) is 7. The van der Waals surface area contributed by atoms with Crippen molar-refractivity contribution in [2.75, 3.05) is 17.7 Å². The first-order chi connectivity index (χ1) is 15.3. The molecular formula is C23H24ClN3O5. The number of methoxy groups -OCH3 is 1. The second-order valence-electron chi connectivity index (χ2n) is 7.28. The summed E-state index contributed by atoms with van der Waals surface area (Å²) < 4.78 is 16.2.